The Labute approximate surface area is 120 Å². The van der Waals surface area contributed by atoms with Crippen LogP contribution in [-0.4, -0.2) is 26.8 Å². The minimum Gasteiger partial charge on any atom is -0.316 e. The van der Waals surface area contributed by atoms with Crippen molar-refractivity contribution in [2.45, 2.75) is 42.2 Å². The maximum atomic E-state index is 12.1. The smallest absolute Gasteiger partial charge is 0.181 e. The number of hydrogen-bond acceptors (Lipinski definition) is 3. The fourth-order valence-electron chi connectivity index (χ4n) is 3.80. The number of nitrogens with one attached hydrogen (secondary N) is 1. The van der Waals surface area contributed by atoms with E-state index in [9.17, 15) is 8.42 Å². The van der Waals surface area contributed by atoms with E-state index >= 15 is 0 Å². The van der Waals surface area contributed by atoms with Crippen molar-refractivity contribution in [3.05, 3.63) is 29.8 Å². The van der Waals surface area contributed by atoms with E-state index in [1.165, 1.54) is 31.5 Å². The molecular formula is C16H21NO2S. The van der Waals surface area contributed by atoms with Crippen LogP contribution >= 0.6 is 0 Å². The van der Waals surface area contributed by atoms with E-state index in [-0.39, 0.29) is 5.25 Å². The lowest BCUT2D eigenvalue weighted by atomic mass is 9.57. The molecule has 0 unspecified atom stereocenters. The summed E-state index contributed by atoms with van der Waals surface area (Å²) in [5, 5.41) is 3.26. The first-order valence-corrected chi connectivity index (χ1v) is 9.16. The average molecular weight is 291 g/mol. The molecule has 2 aliphatic carbocycles. The number of sulfone groups is 1. The quantitative estimate of drug-likeness (QED) is 0.925. The van der Waals surface area contributed by atoms with Crippen molar-refractivity contribution >= 4 is 9.84 Å². The van der Waals surface area contributed by atoms with Crippen molar-refractivity contribution in [2.75, 3.05) is 13.1 Å². The van der Waals surface area contributed by atoms with Gasteiger partial charge in [0.25, 0.3) is 0 Å². The minimum absolute atomic E-state index is 0.106. The third-order valence-electron chi connectivity index (χ3n) is 5.18. The van der Waals surface area contributed by atoms with Gasteiger partial charge in [0.15, 0.2) is 9.84 Å². The van der Waals surface area contributed by atoms with Gasteiger partial charge < -0.3 is 5.32 Å². The Morgan fingerprint density at radius 3 is 2.25 bits per heavy atom. The van der Waals surface area contributed by atoms with E-state index in [2.05, 4.69) is 5.32 Å². The number of rotatable bonds is 4. The zero-order chi connectivity index (χ0) is 13.8. The van der Waals surface area contributed by atoms with Gasteiger partial charge in [-0.05, 0) is 61.1 Å². The van der Waals surface area contributed by atoms with Gasteiger partial charge in [-0.25, -0.2) is 8.42 Å². The van der Waals surface area contributed by atoms with Gasteiger partial charge in [-0.1, -0.05) is 12.1 Å². The van der Waals surface area contributed by atoms with E-state index in [0.29, 0.717) is 10.3 Å². The molecular weight excluding hydrogens is 270 g/mol. The normalized spacial score (nSPS) is 25.2. The summed E-state index contributed by atoms with van der Waals surface area (Å²) in [7, 11) is -3.02. The maximum Gasteiger partial charge on any atom is 0.181 e. The molecule has 1 aliphatic heterocycles. The SMILES string of the molecule is O=S(=O)(c1ccc(CC2CC3(CNC3)C2)cc1)C1CC1. The summed E-state index contributed by atoms with van der Waals surface area (Å²) in [6, 6.07) is 7.64. The van der Waals surface area contributed by atoms with Gasteiger partial charge in [0.1, 0.15) is 0 Å². The van der Waals surface area contributed by atoms with Crippen LogP contribution in [0.1, 0.15) is 31.2 Å². The third kappa shape index (κ3) is 2.09. The standard InChI is InChI=1S/C16H21NO2S/c18-20(19,15-5-6-15)14-3-1-12(2-4-14)7-13-8-16(9-13)10-17-11-16/h1-4,13,15,17H,5-11H2. The van der Waals surface area contributed by atoms with Crippen LogP contribution in [0.2, 0.25) is 0 Å². The van der Waals surface area contributed by atoms with E-state index in [0.717, 1.165) is 25.2 Å². The summed E-state index contributed by atoms with van der Waals surface area (Å²) in [6.45, 7) is 2.39. The van der Waals surface area contributed by atoms with E-state index in [1.807, 2.05) is 24.3 Å². The summed E-state index contributed by atoms with van der Waals surface area (Å²) in [5.74, 6) is 0.794. The fraction of sp³-hybridized carbons (Fsp3) is 0.625. The first-order valence-electron chi connectivity index (χ1n) is 7.61. The summed E-state index contributed by atoms with van der Waals surface area (Å²) in [6.07, 6.45) is 5.44. The summed E-state index contributed by atoms with van der Waals surface area (Å²) in [4.78, 5) is 0.511. The monoisotopic (exact) mass is 291 g/mol. The largest absolute Gasteiger partial charge is 0.316 e. The van der Waals surface area contributed by atoms with E-state index < -0.39 is 9.84 Å². The highest BCUT2D eigenvalue weighted by Crippen LogP contribution is 2.49. The Morgan fingerprint density at radius 2 is 1.75 bits per heavy atom. The zero-order valence-corrected chi connectivity index (χ0v) is 12.5. The number of hydrogen-bond donors (Lipinski definition) is 1. The van der Waals surface area contributed by atoms with Crippen LogP contribution in [0.15, 0.2) is 29.2 Å². The molecule has 2 saturated carbocycles. The molecule has 1 heterocycles. The van der Waals surface area contributed by atoms with Crippen LogP contribution in [-0.2, 0) is 16.3 Å². The number of benzene rings is 1. The van der Waals surface area contributed by atoms with Crippen LogP contribution in [0.25, 0.3) is 0 Å². The molecule has 0 amide bonds. The summed E-state index contributed by atoms with van der Waals surface area (Å²) >= 11 is 0. The lowest BCUT2D eigenvalue weighted by Gasteiger charge is -2.54. The summed E-state index contributed by atoms with van der Waals surface area (Å²) < 4.78 is 24.2. The van der Waals surface area contributed by atoms with Gasteiger partial charge in [0, 0.05) is 13.1 Å². The first-order chi connectivity index (χ1) is 9.57. The van der Waals surface area contributed by atoms with Crippen molar-refractivity contribution in [3.8, 4) is 0 Å². The highest BCUT2D eigenvalue weighted by Gasteiger charge is 2.47. The molecule has 1 spiro atoms. The fourth-order valence-corrected chi connectivity index (χ4v) is 5.45. The Kier molecular flexibility index (Phi) is 2.77. The second-order valence-corrected chi connectivity index (χ2v) is 9.20. The van der Waals surface area contributed by atoms with Gasteiger partial charge in [0.05, 0.1) is 10.1 Å². The van der Waals surface area contributed by atoms with Crippen LogP contribution in [0.4, 0.5) is 0 Å². The Balaban J connectivity index is 1.40. The van der Waals surface area contributed by atoms with E-state index in [4.69, 9.17) is 0 Å². The lowest BCUT2D eigenvalue weighted by Crippen LogP contribution is -2.60. The molecule has 4 heteroatoms. The van der Waals surface area contributed by atoms with Crippen molar-refractivity contribution in [1.29, 1.82) is 0 Å². The second-order valence-electron chi connectivity index (χ2n) is 6.97. The molecule has 3 aliphatic rings. The molecule has 0 radical (unpaired) electrons. The Hall–Kier alpha value is -0.870. The molecule has 1 saturated heterocycles. The van der Waals surface area contributed by atoms with E-state index in [1.54, 1.807) is 0 Å². The lowest BCUT2D eigenvalue weighted by molar-refractivity contribution is 0.000889. The maximum absolute atomic E-state index is 12.1. The summed E-state index contributed by atoms with van der Waals surface area (Å²) in [5.41, 5.74) is 1.91. The molecule has 0 bridgehead atoms. The van der Waals surface area contributed by atoms with Crippen molar-refractivity contribution in [2.24, 2.45) is 11.3 Å². The van der Waals surface area contributed by atoms with Gasteiger partial charge in [-0.2, -0.15) is 0 Å². The highest BCUT2D eigenvalue weighted by atomic mass is 32.2. The van der Waals surface area contributed by atoms with Crippen molar-refractivity contribution in [1.82, 2.24) is 5.32 Å². The Morgan fingerprint density at radius 1 is 1.10 bits per heavy atom. The Bertz CT molecular complexity index is 604. The van der Waals surface area contributed by atoms with Gasteiger partial charge in [0.2, 0.25) is 0 Å². The third-order valence-corrected chi connectivity index (χ3v) is 7.46. The van der Waals surface area contributed by atoms with Crippen molar-refractivity contribution < 1.29 is 8.42 Å². The van der Waals surface area contributed by atoms with Gasteiger partial charge in [-0.15, -0.1) is 0 Å². The molecule has 3 nitrogen and oxygen atoms in total. The van der Waals surface area contributed by atoms with Crippen LogP contribution in [0.5, 0.6) is 0 Å². The van der Waals surface area contributed by atoms with Crippen LogP contribution < -0.4 is 5.32 Å². The predicted molar refractivity (Wildman–Crippen MR) is 78.4 cm³/mol. The second kappa shape index (κ2) is 4.31. The van der Waals surface area contributed by atoms with Crippen LogP contribution in [0, 0.1) is 11.3 Å². The average Bonchev–Trinajstić information content (AvgIpc) is 3.15. The molecule has 0 atom stereocenters. The van der Waals surface area contributed by atoms with Gasteiger partial charge in [-0.3, -0.25) is 0 Å². The van der Waals surface area contributed by atoms with Crippen LogP contribution in [0.3, 0.4) is 0 Å². The molecule has 4 rings (SSSR count). The molecule has 20 heavy (non-hydrogen) atoms. The molecule has 1 aromatic carbocycles. The molecule has 1 aromatic rings. The predicted octanol–water partition coefficient (Wildman–Crippen LogP) is 2.16. The molecule has 3 fully saturated rings. The highest BCUT2D eigenvalue weighted by molar-refractivity contribution is 7.92. The van der Waals surface area contributed by atoms with Crippen molar-refractivity contribution in [3.63, 3.8) is 0 Å². The molecule has 1 N–H and O–H groups in total. The zero-order valence-electron chi connectivity index (χ0n) is 11.6. The minimum atomic E-state index is -3.02. The molecule has 108 valence electrons. The topological polar surface area (TPSA) is 46.2 Å². The first kappa shape index (κ1) is 12.8. The molecule has 0 aromatic heterocycles. The van der Waals surface area contributed by atoms with Gasteiger partial charge >= 0.3 is 0 Å².